The lowest BCUT2D eigenvalue weighted by atomic mass is 9.75. The van der Waals surface area contributed by atoms with Crippen LogP contribution in [-0.4, -0.2) is 29.9 Å². The number of benzene rings is 7. The van der Waals surface area contributed by atoms with Crippen molar-refractivity contribution in [1.29, 1.82) is 0 Å². The Labute approximate surface area is 340 Å². The van der Waals surface area contributed by atoms with Crippen molar-refractivity contribution < 1.29 is 9.15 Å². The van der Waals surface area contributed by atoms with Gasteiger partial charge in [0, 0.05) is 60.7 Å². The lowest BCUT2D eigenvalue weighted by Gasteiger charge is -2.34. The van der Waals surface area contributed by atoms with Gasteiger partial charge in [-0.3, -0.25) is 0 Å². The van der Waals surface area contributed by atoms with E-state index in [-0.39, 0.29) is 5.41 Å². The molecule has 280 valence electrons. The molecule has 0 saturated heterocycles. The molecule has 0 bridgehead atoms. The maximum Gasteiger partial charge on any atom is 0.164 e. The van der Waals surface area contributed by atoms with E-state index in [1.165, 1.54) is 0 Å². The van der Waals surface area contributed by atoms with Gasteiger partial charge >= 0.3 is 0 Å². The number of rotatable bonds is 6. The van der Waals surface area contributed by atoms with Crippen molar-refractivity contribution in [3.8, 4) is 79.8 Å². The van der Waals surface area contributed by atoms with Gasteiger partial charge < -0.3 is 9.15 Å². The Morgan fingerprint density at radius 2 is 0.797 bits per heavy atom. The molecule has 0 fully saturated rings. The highest BCUT2D eigenvalue weighted by Gasteiger charge is 2.34. The van der Waals surface area contributed by atoms with E-state index in [9.17, 15) is 0 Å². The fourth-order valence-electron chi connectivity index (χ4n) is 7.95. The average molecular weight is 763 g/mol. The monoisotopic (exact) mass is 762 g/mol. The zero-order chi connectivity index (χ0) is 39.5. The maximum absolute atomic E-state index is 6.38. The summed E-state index contributed by atoms with van der Waals surface area (Å²) < 4.78 is 12.6. The predicted octanol–water partition coefficient (Wildman–Crippen LogP) is 12.4. The lowest BCUT2D eigenvalue weighted by Crippen LogP contribution is -2.24. The molecular weight excluding hydrogens is 729 g/mol. The highest BCUT2D eigenvalue weighted by atomic mass is 16.5. The summed E-state index contributed by atoms with van der Waals surface area (Å²) in [4.78, 5) is 30.3. The molecule has 0 atom stereocenters. The van der Waals surface area contributed by atoms with Gasteiger partial charge in [0.05, 0.1) is 0 Å². The van der Waals surface area contributed by atoms with Crippen molar-refractivity contribution in [3.05, 3.63) is 181 Å². The molecule has 10 aromatic rings. The van der Waals surface area contributed by atoms with Gasteiger partial charge in [-0.1, -0.05) is 135 Å². The second-order valence-corrected chi connectivity index (χ2v) is 15.2. The quantitative estimate of drug-likeness (QED) is 0.165. The van der Waals surface area contributed by atoms with Crippen molar-refractivity contribution in [1.82, 2.24) is 29.9 Å². The summed E-state index contributed by atoms with van der Waals surface area (Å²) in [6.07, 6.45) is 0. The Balaban J connectivity index is 1.03. The van der Waals surface area contributed by atoms with Gasteiger partial charge in [-0.15, -0.1) is 0 Å². The van der Waals surface area contributed by atoms with E-state index in [0.29, 0.717) is 34.9 Å². The zero-order valence-corrected chi connectivity index (χ0v) is 32.2. The van der Waals surface area contributed by atoms with E-state index in [1.54, 1.807) is 0 Å². The number of hydrogen-bond donors (Lipinski definition) is 0. The molecule has 0 N–H and O–H groups in total. The van der Waals surface area contributed by atoms with Crippen molar-refractivity contribution >= 4 is 21.9 Å². The Morgan fingerprint density at radius 3 is 1.44 bits per heavy atom. The summed E-state index contributed by atoms with van der Waals surface area (Å²) >= 11 is 0. The van der Waals surface area contributed by atoms with Gasteiger partial charge in [0.15, 0.2) is 34.9 Å². The second-order valence-electron chi connectivity index (χ2n) is 15.2. The standard InChI is InChI=1S/C51H34N6O2/c1-51(2)39-21-10-12-23-42(39)59-43-27-25-35(29-40(43)51)49-54-45(31-14-5-3-6-15-31)52-47(56-49)33-18-13-19-34(28-33)48-53-46(32-16-7-4-8-17-32)55-50(57-48)36-24-26-38-37-20-9-11-22-41(37)58-44(38)30-36/h3-30H,1-2H3. The third kappa shape index (κ3) is 6.09. The van der Waals surface area contributed by atoms with Crippen molar-refractivity contribution in [3.63, 3.8) is 0 Å². The van der Waals surface area contributed by atoms with Crippen LogP contribution in [-0.2, 0) is 5.41 Å². The summed E-state index contributed by atoms with van der Waals surface area (Å²) in [6, 6.07) is 56.6. The lowest BCUT2D eigenvalue weighted by molar-refractivity contribution is 0.418. The van der Waals surface area contributed by atoms with Crippen LogP contribution in [0.2, 0.25) is 0 Å². The van der Waals surface area contributed by atoms with Crippen molar-refractivity contribution in [2.75, 3.05) is 0 Å². The zero-order valence-electron chi connectivity index (χ0n) is 32.2. The second kappa shape index (κ2) is 13.7. The number of furan rings is 1. The van der Waals surface area contributed by atoms with Crippen LogP contribution in [0.15, 0.2) is 174 Å². The number of para-hydroxylation sites is 2. The van der Waals surface area contributed by atoms with Gasteiger partial charge in [0.1, 0.15) is 22.7 Å². The molecule has 3 aromatic heterocycles. The Hall–Kier alpha value is -7.84. The molecule has 0 saturated carbocycles. The van der Waals surface area contributed by atoms with Crippen LogP contribution in [0, 0.1) is 0 Å². The van der Waals surface area contributed by atoms with E-state index in [4.69, 9.17) is 39.1 Å². The first kappa shape index (κ1) is 34.4. The molecule has 4 heterocycles. The van der Waals surface area contributed by atoms with Gasteiger partial charge in [-0.25, -0.2) is 29.9 Å². The first-order chi connectivity index (χ1) is 28.9. The number of fused-ring (bicyclic) bond motifs is 5. The summed E-state index contributed by atoms with van der Waals surface area (Å²) in [6.45, 7) is 4.45. The van der Waals surface area contributed by atoms with Gasteiger partial charge in [0.2, 0.25) is 0 Å². The minimum absolute atomic E-state index is 0.299. The van der Waals surface area contributed by atoms with Gasteiger partial charge in [0.25, 0.3) is 0 Å². The van der Waals surface area contributed by atoms with Crippen LogP contribution in [0.25, 0.3) is 90.3 Å². The third-order valence-electron chi connectivity index (χ3n) is 11.0. The first-order valence-electron chi connectivity index (χ1n) is 19.5. The first-order valence-corrected chi connectivity index (χ1v) is 19.5. The molecule has 11 rings (SSSR count). The summed E-state index contributed by atoms with van der Waals surface area (Å²) in [7, 11) is 0. The van der Waals surface area contributed by atoms with E-state index in [0.717, 1.165) is 77.9 Å². The summed E-state index contributed by atoms with van der Waals surface area (Å²) in [5.41, 5.74) is 8.57. The highest BCUT2D eigenvalue weighted by Crippen LogP contribution is 2.48. The number of nitrogens with zero attached hydrogens (tertiary/aromatic N) is 6. The number of aromatic nitrogens is 6. The molecule has 0 amide bonds. The number of ether oxygens (including phenoxy) is 1. The van der Waals surface area contributed by atoms with Gasteiger partial charge in [-0.2, -0.15) is 0 Å². The maximum atomic E-state index is 6.38. The third-order valence-corrected chi connectivity index (χ3v) is 11.0. The summed E-state index contributed by atoms with van der Waals surface area (Å²) in [5, 5.41) is 2.11. The normalized spacial score (nSPS) is 12.8. The van der Waals surface area contributed by atoms with E-state index in [1.807, 2.05) is 140 Å². The molecule has 0 radical (unpaired) electrons. The van der Waals surface area contributed by atoms with Crippen LogP contribution in [0.1, 0.15) is 25.0 Å². The molecule has 0 aliphatic carbocycles. The Kier molecular flexibility index (Phi) is 7.97. The minimum Gasteiger partial charge on any atom is -0.457 e. The Bertz CT molecular complexity index is 3230. The SMILES string of the molecule is CC1(C)c2ccccc2Oc2ccc(-c3nc(-c4ccccc4)nc(-c4cccc(-c5nc(-c6ccccc6)nc(-c6ccc7c(c6)oc6ccccc67)n5)c4)n3)cc21. The van der Waals surface area contributed by atoms with E-state index < -0.39 is 0 Å². The average Bonchev–Trinajstić information content (AvgIpc) is 3.67. The molecule has 1 aliphatic heterocycles. The van der Waals surface area contributed by atoms with Crippen LogP contribution < -0.4 is 4.74 Å². The summed E-state index contributed by atoms with van der Waals surface area (Å²) in [5.74, 6) is 4.99. The molecular formula is C51H34N6O2. The topological polar surface area (TPSA) is 99.7 Å². The molecule has 8 nitrogen and oxygen atoms in total. The van der Waals surface area contributed by atoms with Crippen LogP contribution in [0.3, 0.4) is 0 Å². The molecule has 7 aromatic carbocycles. The van der Waals surface area contributed by atoms with Crippen molar-refractivity contribution in [2.45, 2.75) is 19.3 Å². The highest BCUT2D eigenvalue weighted by molar-refractivity contribution is 6.05. The fraction of sp³-hybridized carbons (Fsp3) is 0.0588. The number of hydrogen-bond acceptors (Lipinski definition) is 8. The minimum atomic E-state index is -0.299. The predicted molar refractivity (Wildman–Crippen MR) is 232 cm³/mol. The molecule has 1 aliphatic rings. The Morgan fingerprint density at radius 1 is 0.339 bits per heavy atom. The van der Waals surface area contributed by atoms with Gasteiger partial charge in [-0.05, 0) is 48.5 Å². The van der Waals surface area contributed by atoms with Crippen molar-refractivity contribution in [2.24, 2.45) is 0 Å². The smallest absolute Gasteiger partial charge is 0.164 e. The largest absolute Gasteiger partial charge is 0.457 e. The molecule has 0 spiro atoms. The van der Waals surface area contributed by atoms with E-state index >= 15 is 0 Å². The molecule has 59 heavy (non-hydrogen) atoms. The molecule has 0 unspecified atom stereocenters. The van der Waals surface area contributed by atoms with Crippen LogP contribution in [0.4, 0.5) is 0 Å². The fourth-order valence-corrected chi connectivity index (χ4v) is 7.95. The van der Waals surface area contributed by atoms with Crippen LogP contribution >= 0.6 is 0 Å². The van der Waals surface area contributed by atoms with E-state index in [2.05, 4.69) is 44.2 Å². The molecule has 8 heteroatoms. The van der Waals surface area contributed by atoms with Crippen LogP contribution in [0.5, 0.6) is 11.5 Å².